The Morgan fingerprint density at radius 2 is 2.05 bits per heavy atom. The van der Waals surface area contributed by atoms with Crippen LogP contribution in [0.3, 0.4) is 0 Å². The summed E-state index contributed by atoms with van der Waals surface area (Å²) in [5, 5.41) is 30.2. The number of nitriles is 1. The minimum Gasteiger partial charge on any atom is -0.491 e. The highest BCUT2D eigenvalue weighted by molar-refractivity contribution is 7.99. The van der Waals surface area contributed by atoms with Crippen molar-refractivity contribution in [2.45, 2.75) is 12.5 Å². The Bertz CT molecular complexity index is 420. The lowest BCUT2D eigenvalue weighted by Gasteiger charge is -2.13. The zero-order chi connectivity index (χ0) is 15.3. The number of hydrogen-bond donors (Lipinski definition) is 3. The lowest BCUT2D eigenvalue weighted by molar-refractivity contribution is 0.107. The van der Waals surface area contributed by atoms with Gasteiger partial charge in [0.25, 0.3) is 0 Å². The first kappa shape index (κ1) is 17.8. The highest BCUT2D eigenvalue weighted by Gasteiger charge is 2.04. The second-order valence-electron chi connectivity index (χ2n) is 4.49. The monoisotopic (exact) mass is 310 g/mol. The Balaban J connectivity index is 2.05. The SMILES string of the molecule is N#Cc1ccc(OCC(O)CNCCSCCCO)cc1. The first-order chi connectivity index (χ1) is 10.3. The maximum atomic E-state index is 9.77. The van der Waals surface area contributed by atoms with Crippen molar-refractivity contribution in [3.63, 3.8) is 0 Å². The topological polar surface area (TPSA) is 85.5 Å². The number of hydrogen-bond acceptors (Lipinski definition) is 6. The van der Waals surface area contributed by atoms with Crippen LogP contribution in [0.5, 0.6) is 5.75 Å². The fraction of sp³-hybridized carbons (Fsp3) is 0.533. The van der Waals surface area contributed by atoms with E-state index in [9.17, 15) is 5.11 Å². The van der Waals surface area contributed by atoms with E-state index in [4.69, 9.17) is 15.1 Å². The fourth-order valence-electron chi connectivity index (χ4n) is 1.56. The largest absolute Gasteiger partial charge is 0.491 e. The van der Waals surface area contributed by atoms with Gasteiger partial charge in [-0.3, -0.25) is 0 Å². The summed E-state index contributed by atoms with van der Waals surface area (Å²) in [6.07, 6.45) is 0.259. The molecule has 1 aromatic rings. The van der Waals surface area contributed by atoms with Gasteiger partial charge in [-0.15, -0.1) is 0 Å². The molecule has 0 fully saturated rings. The molecule has 1 unspecified atom stereocenters. The van der Waals surface area contributed by atoms with Crippen LogP contribution in [0.15, 0.2) is 24.3 Å². The minimum absolute atomic E-state index is 0.219. The molecule has 0 aliphatic carbocycles. The van der Waals surface area contributed by atoms with E-state index in [2.05, 4.69) is 5.32 Å². The molecule has 6 heteroatoms. The van der Waals surface area contributed by atoms with Crippen molar-refractivity contribution in [1.29, 1.82) is 5.26 Å². The molecule has 3 N–H and O–H groups in total. The van der Waals surface area contributed by atoms with E-state index >= 15 is 0 Å². The van der Waals surface area contributed by atoms with Crippen molar-refractivity contribution in [1.82, 2.24) is 5.32 Å². The molecule has 21 heavy (non-hydrogen) atoms. The molecule has 0 aliphatic rings. The second-order valence-corrected chi connectivity index (χ2v) is 5.72. The average molecular weight is 310 g/mol. The van der Waals surface area contributed by atoms with E-state index in [1.54, 1.807) is 36.0 Å². The summed E-state index contributed by atoms with van der Waals surface area (Å²) in [7, 11) is 0. The van der Waals surface area contributed by atoms with Crippen LogP contribution in [0.4, 0.5) is 0 Å². The predicted molar refractivity (Wildman–Crippen MR) is 84.6 cm³/mol. The van der Waals surface area contributed by atoms with Crippen LogP contribution in [0.25, 0.3) is 0 Å². The van der Waals surface area contributed by atoms with Crippen LogP contribution in [-0.4, -0.2) is 54.1 Å². The summed E-state index contributed by atoms with van der Waals surface area (Å²) >= 11 is 1.78. The van der Waals surface area contributed by atoms with Gasteiger partial charge in [0.1, 0.15) is 18.5 Å². The number of aliphatic hydroxyl groups excluding tert-OH is 2. The fourth-order valence-corrected chi connectivity index (χ4v) is 2.38. The van der Waals surface area contributed by atoms with Crippen molar-refractivity contribution in [2.24, 2.45) is 0 Å². The van der Waals surface area contributed by atoms with E-state index in [0.717, 1.165) is 24.5 Å². The molecule has 1 atom stereocenters. The predicted octanol–water partition coefficient (Wildman–Crippen LogP) is 1.00. The van der Waals surface area contributed by atoms with Crippen LogP contribution in [0.2, 0.25) is 0 Å². The van der Waals surface area contributed by atoms with Gasteiger partial charge in [-0.25, -0.2) is 0 Å². The van der Waals surface area contributed by atoms with Crippen molar-refractivity contribution in [3.05, 3.63) is 29.8 Å². The third-order valence-electron chi connectivity index (χ3n) is 2.68. The van der Waals surface area contributed by atoms with Crippen LogP contribution >= 0.6 is 11.8 Å². The minimum atomic E-state index is -0.567. The lowest BCUT2D eigenvalue weighted by Crippen LogP contribution is -2.32. The van der Waals surface area contributed by atoms with Gasteiger partial charge in [0.05, 0.1) is 11.6 Å². The molecule has 0 spiro atoms. The normalized spacial score (nSPS) is 11.9. The zero-order valence-corrected chi connectivity index (χ0v) is 12.8. The highest BCUT2D eigenvalue weighted by atomic mass is 32.2. The standard InChI is InChI=1S/C15H22N2O3S/c16-10-13-2-4-15(5-3-13)20-12-14(19)11-17-6-9-21-8-1-7-18/h2-5,14,17-19H,1,6-9,11-12H2. The third-order valence-corrected chi connectivity index (χ3v) is 3.75. The Morgan fingerprint density at radius 1 is 1.29 bits per heavy atom. The molecule has 0 bridgehead atoms. The van der Waals surface area contributed by atoms with Gasteiger partial charge in [0, 0.05) is 25.4 Å². The van der Waals surface area contributed by atoms with E-state index < -0.39 is 6.10 Å². The Kier molecular flexibility index (Phi) is 9.66. The molecule has 0 aromatic heterocycles. The zero-order valence-electron chi connectivity index (χ0n) is 12.0. The first-order valence-electron chi connectivity index (χ1n) is 6.96. The summed E-state index contributed by atoms with van der Waals surface area (Å²) < 4.78 is 5.45. The van der Waals surface area contributed by atoms with E-state index in [1.165, 1.54) is 0 Å². The van der Waals surface area contributed by atoms with Crippen molar-refractivity contribution >= 4 is 11.8 Å². The Morgan fingerprint density at radius 3 is 2.71 bits per heavy atom. The molecule has 0 radical (unpaired) electrons. The molecule has 0 heterocycles. The molecule has 0 aliphatic heterocycles. The van der Waals surface area contributed by atoms with E-state index in [0.29, 0.717) is 17.9 Å². The van der Waals surface area contributed by atoms with Gasteiger partial charge in [-0.05, 0) is 36.4 Å². The van der Waals surface area contributed by atoms with E-state index in [-0.39, 0.29) is 13.2 Å². The smallest absolute Gasteiger partial charge is 0.119 e. The Labute approximate surface area is 129 Å². The average Bonchev–Trinajstić information content (AvgIpc) is 2.52. The third kappa shape index (κ3) is 8.58. The first-order valence-corrected chi connectivity index (χ1v) is 8.12. The number of nitrogens with zero attached hydrogens (tertiary/aromatic N) is 1. The molecule has 0 saturated heterocycles. The second kappa shape index (κ2) is 11.4. The number of thioether (sulfide) groups is 1. The molecule has 116 valence electrons. The number of benzene rings is 1. The van der Waals surface area contributed by atoms with Crippen LogP contribution in [0.1, 0.15) is 12.0 Å². The van der Waals surface area contributed by atoms with Crippen LogP contribution in [0, 0.1) is 11.3 Å². The highest BCUT2D eigenvalue weighted by Crippen LogP contribution is 2.11. The summed E-state index contributed by atoms with van der Waals surface area (Å²) in [6.45, 7) is 1.77. The number of rotatable bonds is 11. The molecule has 5 nitrogen and oxygen atoms in total. The van der Waals surface area contributed by atoms with Gasteiger partial charge in [0.2, 0.25) is 0 Å². The van der Waals surface area contributed by atoms with Crippen molar-refractivity contribution < 1.29 is 14.9 Å². The summed E-state index contributed by atoms with van der Waals surface area (Å²) in [5.74, 6) is 2.57. The number of ether oxygens (including phenoxy) is 1. The van der Waals surface area contributed by atoms with Crippen LogP contribution in [-0.2, 0) is 0 Å². The molecular weight excluding hydrogens is 288 g/mol. The quantitative estimate of drug-likeness (QED) is 0.529. The van der Waals surface area contributed by atoms with Gasteiger partial charge in [-0.1, -0.05) is 0 Å². The van der Waals surface area contributed by atoms with Gasteiger partial charge in [-0.2, -0.15) is 17.0 Å². The maximum Gasteiger partial charge on any atom is 0.119 e. The molecule has 0 amide bonds. The molecule has 1 rings (SSSR count). The maximum absolute atomic E-state index is 9.77. The summed E-state index contributed by atoms with van der Waals surface area (Å²) in [5.41, 5.74) is 0.586. The van der Waals surface area contributed by atoms with Gasteiger partial charge >= 0.3 is 0 Å². The molecule has 0 saturated carbocycles. The lowest BCUT2D eigenvalue weighted by atomic mass is 10.2. The summed E-state index contributed by atoms with van der Waals surface area (Å²) in [6, 6.07) is 8.85. The van der Waals surface area contributed by atoms with Crippen LogP contribution < -0.4 is 10.1 Å². The van der Waals surface area contributed by atoms with Gasteiger partial charge < -0.3 is 20.3 Å². The van der Waals surface area contributed by atoms with Crippen molar-refractivity contribution in [3.8, 4) is 11.8 Å². The number of aliphatic hydroxyl groups is 2. The van der Waals surface area contributed by atoms with Gasteiger partial charge in [0.15, 0.2) is 0 Å². The summed E-state index contributed by atoms with van der Waals surface area (Å²) in [4.78, 5) is 0. The number of nitrogens with one attached hydrogen (secondary N) is 1. The van der Waals surface area contributed by atoms with E-state index in [1.807, 2.05) is 6.07 Å². The molecule has 1 aromatic carbocycles. The molecular formula is C15H22N2O3S. The Hall–Kier alpha value is -1.26. The van der Waals surface area contributed by atoms with Crippen molar-refractivity contribution in [2.75, 3.05) is 37.8 Å².